The van der Waals surface area contributed by atoms with Gasteiger partial charge < -0.3 is 15.3 Å². The van der Waals surface area contributed by atoms with Crippen molar-refractivity contribution in [3.63, 3.8) is 0 Å². The first-order chi connectivity index (χ1) is 8.74. The van der Waals surface area contributed by atoms with Gasteiger partial charge in [0.15, 0.2) is 0 Å². The van der Waals surface area contributed by atoms with Crippen LogP contribution in [0.1, 0.15) is 18.4 Å². The lowest BCUT2D eigenvalue weighted by Crippen LogP contribution is -2.50. The third kappa shape index (κ3) is 2.39. The second kappa shape index (κ2) is 5.27. The van der Waals surface area contributed by atoms with Gasteiger partial charge in [-0.2, -0.15) is 0 Å². The molecule has 0 unspecified atom stereocenters. The number of halogens is 1. The summed E-state index contributed by atoms with van der Waals surface area (Å²) in [6.07, 6.45) is 0. The molecule has 0 amide bonds. The van der Waals surface area contributed by atoms with Crippen molar-refractivity contribution in [1.29, 1.82) is 0 Å². The predicted molar refractivity (Wildman–Crippen MR) is 65.2 cm³/mol. The number of aliphatic carboxylic acids is 3. The molecule has 3 N–H and O–H groups in total. The van der Waals surface area contributed by atoms with Crippen molar-refractivity contribution in [2.24, 2.45) is 5.41 Å². The van der Waals surface area contributed by atoms with Crippen LogP contribution in [0.5, 0.6) is 0 Å². The molecule has 19 heavy (non-hydrogen) atoms. The maximum Gasteiger partial charge on any atom is 0.333 e. The summed E-state index contributed by atoms with van der Waals surface area (Å²) in [4.78, 5) is 33.6. The summed E-state index contributed by atoms with van der Waals surface area (Å²) in [7, 11) is 0. The molecule has 0 radical (unpaired) electrons. The molecule has 0 fully saturated rings. The minimum absolute atomic E-state index is 0.261. The Kier molecular flexibility index (Phi) is 4.16. The lowest BCUT2D eigenvalue weighted by molar-refractivity contribution is -0.177. The van der Waals surface area contributed by atoms with Crippen LogP contribution < -0.4 is 0 Å². The highest BCUT2D eigenvalue weighted by molar-refractivity contribution is 6.30. The van der Waals surface area contributed by atoms with Gasteiger partial charge in [-0.3, -0.25) is 14.4 Å². The van der Waals surface area contributed by atoms with Crippen LogP contribution in [0.2, 0.25) is 5.02 Å². The molecule has 6 nitrogen and oxygen atoms in total. The van der Waals surface area contributed by atoms with E-state index in [0.29, 0.717) is 5.02 Å². The van der Waals surface area contributed by atoms with Gasteiger partial charge in [0.1, 0.15) is 0 Å². The molecule has 0 saturated carbocycles. The average molecular weight is 287 g/mol. The first-order valence-corrected chi connectivity index (χ1v) is 5.58. The number of carboxylic acids is 3. The monoisotopic (exact) mass is 286 g/mol. The van der Waals surface area contributed by atoms with Crippen molar-refractivity contribution in [3.8, 4) is 0 Å². The Hall–Kier alpha value is -2.08. The number of carboxylic acid groups (broad SMARTS) is 3. The molecule has 0 aliphatic heterocycles. The summed E-state index contributed by atoms with van der Waals surface area (Å²) in [5.41, 5.74) is -2.68. The van der Waals surface area contributed by atoms with E-state index in [-0.39, 0.29) is 5.56 Å². The molecule has 1 rings (SSSR count). The molecule has 0 aliphatic rings. The zero-order chi connectivity index (χ0) is 14.8. The van der Waals surface area contributed by atoms with E-state index in [0.717, 1.165) is 0 Å². The van der Waals surface area contributed by atoms with Crippen LogP contribution in [0.4, 0.5) is 0 Å². The smallest absolute Gasteiger partial charge is 0.333 e. The fourth-order valence-corrected chi connectivity index (χ4v) is 1.96. The summed E-state index contributed by atoms with van der Waals surface area (Å²) in [5, 5.41) is 27.6. The molecular formula is C12H11ClO6. The van der Waals surface area contributed by atoms with Gasteiger partial charge >= 0.3 is 17.9 Å². The van der Waals surface area contributed by atoms with E-state index < -0.39 is 29.2 Å². The van der Waals surface area contributed by atoms with Gasteiger partial charge in [0, 0.05) is 10.9 Å². The Morgan fingerprint density at radius 3 is 1.68 bits per heavy atom. The van der Waals surface area contributed by atoms with Gasteiger partial charge in [-0.1, -0.05) is 30.7 Å². The highest BCUT2D eigenvalue weighted by atomic mass is 35.5. The zero-order valence-electron chi connectivity index (χ0n) is 9.83. The maximum atomic E-state index is 11.2. The Morgan fingerprint density at radius 2 is 1.37 bits per heavy atom. The largest absolute Gasteiger partial charge is 0.480 e. The van der Waals surface area contributed by atoms with Crippen molar-refractivity contribution < 1.29 is 29.7 Å². The maximum absolute atomic E-state index is 11.2. The number of hydrogen-bond acceptors (Lipinski definition) is 3. The van der Waals surface area contributed by atoms with Crippen LogP contribution in [0, 0.1) is 5.41 Å². The fraction of sp³-hybridized carbons (Fsp3) is 0.250. The van der Waals surface area contributed by atoms with E-state index in [4.69, 9.17) is 26.9 Å². The van der Waals surface area contributed by atoms with E-state index in [1.165, 1.54) is 31.2 Å². The highest BCUT2D eigenvalue weighted by Gasteiger charge is 2.59. The predicted octanol–water partition coefficient (Wildman–Crippen LogP) is 1.68. The fourth-order valence-electron chi connectivity index (χ4n) is 1.83. The summed E-state index contributed by atoms with van der Waals surface area (Å²) in [6.45, 7) is 1.24. The van der Waals surface area contributed by atoms with Gasteiger partial charge in [-0.05, 0) is 17.7 Å². The van der Waals surface area contributed by atoms with E-state index >= 15 is 0 Å². The highest BCUT2D eigenvalue weighted by Crippen LogP contribution is 2.37. The zero-order valence-corrected chi connectivity index (χ0v) is 10.6. The molecule has 0 bridgehead atoms. The Balaban J connectivity index is 3.41. The molecule has 0 saturated heterocycles. The summed E-state index contributed by atoms with van der Waals surface area (Å²) < 4.78 is 0. The van der Waals surface area contributed by atoms with Crippen molar-refractivity contribution in [1.82, 2.24) is 0 Å². The van der Waals surface area contributed by atoms with Crippen LogP contribution in [-0.4, -0.2) is 33.2 Å². The van der Waals surface area contributed by atoms with Gasteiger partial charge in [0.2, 0.25) is 0 Å². The third-order valence-corrected chi connectivity index (χ3v) is 3.28. The van der Waals surface area contributed by atoms with Crippen LogP contribution in [0.25, 0.3) is 0 Å². The van der Waals surface area contributed by atoms with Gasteiger partial charge in [0.05, 0.1) is 0 Å². The number of rotatable bonds is 5. The van der Waals surface area contributed by atoms with Crippen LogP contribution in [0.3, 0.4) is 0 Å². The molecule has 1 aromatic carbocycles. The van der Waals surface area contributed by atoms with Crippen molar-refractivity contribution in [2.75, 3.05) is 0 Å². The molecule has 1 aromatic rings. The number of benzene rings is 1. The Labute approximate surface area is 113 Å². The average Bonchev–Trinajstić information content (AvgIpc) is 2.28. The Bertz CT molecular complexity index is 485. The molecule has 0 aliphatic carbocycles. The first-order valence-electron chi connectivity index (χ1n) is 5.20. The van der Waals surface area contributed by atoms with E-state index in [1.54, 1.807) is 0 Å². The van der Waals surface area contributed by atoms with Gasteiger partial charge in [-0.15, -0.1) is 0 Å². The summed E-state index contributed by atoms with van der Waals surface area (Å²) >= 11 is 5.67. The second-order valence-electron chi connectivity index (χ2n) is 4.00. The summed E-state index contributed by atoms with van der Waals surface area (Å²) in [6, 6.07) is 5.67. The Morgan fingerprint density at radius 1 is 1.00 bits per heavy atom. The molecule has 0 heterocycles. The summed E-state index contributed by atoms with van der Waals surface area (Å²) in [5.74, 6) is -7.03. The number of carbonyl (C=O) groups is 3. The molecule has 0 spiro atoms. The lowest BCUT2D eigenvalue weighted by Gasteiger charge is -2.27. The first kappa shape index (κ1) is 15.0. The minimum atomic E-state index is -2.94. The van der Waals surface area contributed by atoms with Crippen LogP contribution in [-0.2, 0) is 14.4 Å². The van der Waals surface area contributed by atoms with Crippen molar-refractivity contribution in [2.45, 2.75) is 12.8 Å². The standard InChI is InChI=1S/C12H11ClO6/c1-6(7-2-4-8(13)5-3-7)12(9(14)15,10(16)17)11(18)19/h2-6H,1H3,(H,14,15)(H,16,17)(H,18,19)/t6-/m1/s1. The molecule has 1 atom stereocenters. The third-order valence-electron chi connectivity index (χ3n) is 3.03. The molecule has 7 heteroatoms. The number of hydrogen-bond donors (Lipinski definition) is 3. The molecular weight excluding hydrogens is 276 g/mol. The quantitative estimate of drug-likeness (QED) is 0.710. The topological polar surface area (TPSA) is 112 Å². The van der Waals surface area contributed by atoms with E-state index in [1.807, 2.05) is 0 Å². The lowest BCUT2D eigenvalue weighted by atomic mass is 9.73. The molecule has 0 aromatic heterocycles. The van der Waals surface area contributed by atoms with Crippen LogP contribution >= 0.6 is 11.6 Å². The van der Waals surface area contributed by atoms with Gasteiger partial charge in [-0.25, -0.2) is 0 Å². The minimum Gasteiger partial charge on any atom is -0.480 e. The van der Waals surface area contributed by atoms with Crippen molar-refractivity contribution in [3.05, 3.63) is 34.9 Å². The van der Waals surface area contributed by atoms with Crippen LogP contribution in [0.15, 0.2) is 24.3 Å². The van der Waals surface area contributed by atoms with Crippen molar-refractivity contribution >= 4 is 29.5 Å². The normalized spacial score (nSPS) is 12.7. The second-order valence-corrected chi connectivity index (χ2v) is 4.43. The van der Waals surface area contributed by atoms with E-state index in [2.05, 4.69) is 0 Å². The van der Waals surface area contributed by atoms with E-state index in [9.17, 15) is 14.4 Å². The van der Waals surface area contributed by atoms with Gasteiger partial charge in [0.25, 0.3) is 5.41 Å². The molecule has 102 valence electrons. The SMILES string of the molecule is C[C@H](c1ccc(Cl)cc1)C(C(=O)O)(C(=O)O)C(=O)O.